The van der Waals surface area contributed by atoms with E-state index in [4.69, 9.17) is 0 Å². The number of ketones is 1. The van der Waals surface area contributed by atoms with Crippen LogP contribution in [0, 0.1) is 11.1 Å². The molecule has 0 amide bonds. The summed E-state index contributed by atoms with van der Waals surface area (Å²) in [6, 6.07) is 5.32. The topological polar surface area (TPSA) is 57.5 Å². The maximum absolute atomic E-state index is 12.1. The Morgan fingerprint density at radius 2 is 2.12 bits per heavy atom. The highest BCUT2D eigenvalue weighted by Crippen LogP contribution is 2.17. The summed E-state index contributed by atoms with van der Waals surface area (Å²) in [6.45, 7) is 1.06. The minimum absolute atomic E-state index is 0.0282. The molecule has 0 atom stereocenters. The highest BCUT2D eigenvalue weighted by molar-refractivity contribution is 9.10. The van der Waals surface area contributed by atoms with Crippen molar-refractivity contribution < 1.29 is 9.86 Å². The predicted molar refractivity (Wildman–Crippen MR) is 63.1 cm³/mol. The largest absolute Gasteiger partial charge is 0.634 e. The van der Waals surface area contributed by atoms with Crippen molar-refractivity contribution in [3.05, 3.63) is 33.7 Å². The van der Waals surface area contributed by atoms with E-state index in [1.807, 2.05) is 0 Å². The molecule has 1 aromatic heterocycles. The van der Waals surface area contributed by atoms with Crippen LogP contribution in [-0.2, 0) is 0 Å². The number of hydrogen-bond donors (Lipinski definition) is 1. The van der Waals surface area contributed by atoms with E-state index in [0.717, 1.165) is 0 Å². The number of nitrogens with one attached hydrogen (secondary N) is 1. The molecule has 4 nitrogen and oxygen atoms in total. The van der Waals surface area contributed by atoms with Crippen molar-refractivity contribution in [2.45, 2.75) is 12.8 Å². The van der Waals surface area contributed by atoms with Gasteiger partial charge >= 0.3 is 0 Å². The van der Waals surface area contributed by atoms with Gasteiger partial charge in [-0.05, 0) is 28.1 Å². The molecule has 1 aliphatic heterocycles. The molecule has 0 aliphatic carbocycles. The molecule has 5 heteroatoms. The number of pyridine rings is 1. The van der Waals surface area contributed by atoms with Crippen molar-refractivity contribution in [3.63, 3.8) is 0 Å². The van der Waals surface area contributed by atoms with E-state index in [1.165, 1.54) is 0 Å². The van der Waals surface area contributed by atoms with Crippen LogP contribution in [0.2, 0.25) is 0 Å². The van der Waals surface area contributed by atoms with Crippen LogP contribution >= 0.6 is 15.9 Å². The molecule has 0 unspecified atom stereocenters. The number of quaternary nitrogens is 1. The zero-order valence-corrected chi connectivity index (χ0v) is 10.4. The summed E-state index contributed by atoms with van der Waals surface area (Å²) in [6.07, 6.45) is 1.34. The Kier molecular flexibility index (Phi) is 3.68. The Morgan fingerprint density at radius 3 is 2.75 bits per heavy atom. The summed E-state index contributed by atoms with van der Waals surface area (Å²) in [5, 5.41) is 11.4. The van der Waals surface area contributed by atoms with E-state index >= 15 is 0 Å². The molecule has 0 aromatic carbocycles. The first-order valence-corrected chi connectivity index (χ1v) is 6.14. The molecule has 1 fully saturated rings. The van der Waals surface area contributed by atoms with Gasteiger partial charge in [-0.3, -0.25) is 4.79 Å². The van der Waals surface area contributed by atoms with Crippen LogP contribution in [0.1, 0.15) is 23.3 Å². The van der Waals surface area contributed by atoms with E-state index in [2.05, 4.69) is 20.9 Å². The third kappa shape index (κ3) is 2.66. The number of hydrogen-bond acceptors (Lipinski definition) is 3. The van der Waals surface area contributed by atoms with Crippen LogP contribution in [0.4, 0.5) is 0 Å². The van der Waals surface area contributed by atoms with Gasteiger partial charge in [0.15, 0.2) is 5.78 Å². The lowest BCUT2D eigenvalue weighted by molar-refractivity contribution is -0.854. The Labute approximate surface area is 102 Å². The molecular formula is C11H13BrN2O2. The highest BCUT2D eigenvalue weighted by atomic mass is 79.9. The summed E-state index contributed by atoms with van der Waals surface area (Å²) in [7, 11) is 0. The Morgan fingerprint density at radius 1 is 1.44 bits per heavy atom. The fraction of sp³-hybridized carbons (Fsp3) is 0.455. The number of halogens is 1. The van der Waals surface area contributed by atoms with Crippen LogP contribution in [0.3, 0.4) is 0 Å². The fourth-order valence-corrected chi connectivity index (χ4v) is 2.30. The second-order valence-corrected chi connectivity index (χ2v) is 4.84. The van der Waals surface area contributed by atoms with Crippen molar-refractivity contribution >= 4 is 21.7 Å². The quantitative estimate of drug-likeness (QED) is 0.497. The van der Waals surface area contributed by atoms with Gasteiger partial charge in [-0.2, -0.15) is 0 Å². The summed E-state index contributed by atoms with van der Waals surface area (Å²) >= 11 is 3.25. The summed E-state index contributed by atoms with van der Waals surface area (Å²) in [4.78, 5) is 16.2. The molecule has 1 aliphatic rings. The standard InChI is InChI=1S/C11H13BrN2O2/c12-10-3-1-2-9(13-10)11(15)8-4-6-14(16)7-5-8/h1-3,8,14H,4-7H2. The maximum Gasteiger partial charge on any atom is 0.184 e. The van der Waals surface area contributed by atoms with E-state index in [9.17, 15) is 10.0 Å². The summed E-state index contributed by atoms with van der Waals surface area (Å²) in [5.74, 6) is 0.0355. The number of carbonyl (C=O) groups is 1. The number of Topliss-reactive ketones (excluding diaryl/α,β-unsaturated/α-hetero) is 1. The van der Waals surface area contributed by atoms with Gasteiger partial charge in [0.25, 0.3) is 0 Å². The molecule has 16 heavy (non-hydrogen) atoms. The number of hydroxylamine groups is 2. The lowest BCUT2D eigenvalue weighted by atomic mass is 9.91. The molecule has 86 valence electrons. The normalized spacial score (nSPS) is 25.4. The van der Waals surface area contributed by atoms with Crippen LogP contribution in [0.5, 0.6) is 0 Å². The van der Waals surface area contributed by atoms with Crippen LogP contribution in [0.15, 0.2) is 22.8 Å². The van der Waals surface area contributed by atoms with Gasteiger partial charge in [0.2, 0.25) is 0 Å². The minimum atomic E-state index is -0.0282. The van der Waals surface area contributed by atoms with Gasteiger partial charge in [-0.25, -0.2) is 4.98 Å². The second-order valence-electron chi connectivity index (χ2n) is 4.02. The van der Waals surface area contributed by atoms with E-state index in [0.29, 0.717) is 36.2 Å². The molecule has 0 radical (unpaired) electrons. The Hall–Kier alpha value is -0.780. The number of carbonyl (C=O) groups excluding carboxylic acids is 1. The number of nitrogens with zero attached hydrogens (tertiary/aromatic N) is 1. The summed E-state index contributed by atoms with van der Waals surface area (Å²) < 4.78 is 0.672. The van der Waals surface area contributed by atoms with Crippen molar-refractivity contribution in [1.82, 2.24) is 4.98 Å². The van der Waals surface area contributed by atoms with Crippen LogP contribution in [-0.4, -0.2) is 23.9 Å². The van der Waals surface area contributed by atoms with Gasteiger partial charge in [0.05, 0.1) is 13.1 Å². The lowest BCUT2D eigenvalue weighted by Crippen LogP contribution is -3.08. The van der Waals surface area contributed by atoms with Gasteiger partial charge in [-0.15, -0.1) is 0 Å². The highest BCUT2D eigenvalue weighted by Gasteiger charge is 2.26. The molecule has 0 saturated carbocycles. The van der Waals surface area contributed by atoms with Crippen molar-refractivity contribution in [2.24, 2.45) is 5.92 Å². The second kappa shape index (κ2) is 5.03. The molecule has 2 heterocycles. The number of rotatable bonds is 2. The van der Waals surface area contributed by atoms with E-state index < -0.39 is 0 Å². The van der Waals surface area contributed by atoms with Gasteiger partial charge < -0.3 is 10.3 Å². The monoisotopic (exact) mass is 284 g/mol. The minimum Gasteiger partial charge on any atom is -0.634 e. The van der Waals surface area contributed by atoms with Crippen molar-refractivity contribution in [3.8, 4) is 0 Å². The van der Waals surface area contributed by atoms with Crippen molar-refractivity contribution in [2.75, 3.05) is 13.1 Å². The molecule has 2 rings (SSSR count). The van der Waals surface area contributed by atoms with Crippen LogP contribution in [0.25, 0.3) is 0 Å². The lowest BCUT2D eigenvalue weighted by Gasteiger charge is -2.30. The number of piperidine rings is 1. The fourth-order valence-electron chi connectivity index (χ4n) is 1.96. The summed E-state index contributed by atoms with van der Waals surface area (Å²) in [5.41, 5.74) is 0.494. The Bertz CT molecular complexity index is 389. The van der Waals surface area contributed by atoms with Crippen LogP contribution < -0.4 is 5.06 Å². The molecule has 1 N–H and O–H groups in total. The first kappa shape index (κ1) is 11.7. The molecule has 0 bridgehead atoms. The predicted octanol–water partition coefficient (Wildman–Crippen LogP) is 0.820. The van der Waals surface area contributed by atoms with E-state index in [1.54, 1.807) is 18.2 Å². The zero-order chi connectivity index (χ0) is 11.5. The van der Waals surface area contributed by atoms with Crippen molar-refractivity contribution in [1.29, 1.82) is 0 Å². The molecular weight excluding hydrogens is 272 g/mol. The van der Waals surface area contributed by atoms with Gasteiger partial charge in [-0.1, -0.05) is 6.07 Å². The zero-order valence-electron chi connectivity index (χ0n) is 8.78. The third-order valence-corrected chi connectivity index (χ3v) is 3.32. The smallest absolute Gasteiger partial charge is 0.184 e. The first-order valence-electron chi connectivity index (χ1n) is 5.35. The molecule has 1 saturated heterocycles. The van der Waals surface area contributed by atoms with Gasteiger partial charge in [0, 0.05) is 18.8 Å². The maximum atomic E-state index is 12.1. The van der Waals surface area contributed by atoms with E-state index in [-0.39, 0.29) is 16.8 Å². The molecule has 1 aromatic rings. The average molecular weight is 285 g/mol. The number of aromatic nitrogens is 1. The molecule has 0 spiro atoms. The SMILES string of the molecule is O=C(c1cccc(Br)n1)C1CC[NH+]([O-])CC1. The first-order chi connectivity index (χ1) is 7.66. The van der Waals surface area contributed by atoms with Gasteiger partial charge in [0.1, 0.15) is 10.3 Å². The average Bonchev–Trinajstić information content (AvgIpc) is 2.29. The third-order valence-electron chi connectivity index (χ3n) is 2.88. The Balaban J connectivity index is 2.08.